The Kier molecular flexibility index (Phi) is 1.28. The van der Waals surface area contributed by atoms with Gasteiger partial charge in [-0.25, -0.2) is 0 Å². The molecule has 0 aliphatic carbocycles. The van der Waals surface area contributed by atoms with E-state index >= 15 is 0 Å². The lowest BCUT2D eigenvalue weighted by atomic mass is 10.0. The number of fused-ring (bicyclic) bond motifs is 1. The van der Waals surface area contributed by atoms with Gasteiger partial charge in [-0.15, -0.1) is 0 Å². The van der Waals surface area contributed by atoms with Gasteiger partial charge in [0, 0.05) is 5.56 Å². The highest BCUT2D eigenvalue weighted by molar-refractivity contribution is 6.17. The van der Waals surface area contributed by atoms with Gasteiger partial charge in [0.15, 0.2) is 0 Å². The maximum Gasteiger partial charge on any atom is 0.0818 e. The molecule has 13 heavy (non-hydrogen) atoms. The van der Waals surface area contributed by atoms with E-state index in [4.69, 9.17) is 0 Å². The maximum atomic E-state index is 4.24. The smallest absolute Gasteiger partial charge is 0.0818 e. The molecule has 0 saturated heterocycles. The monoisotopic (exact) mass is 167 g/mol. The zero-order valence-electron chi connectivity index (χ0n) is 7.20. The minimum atomic E-state index is 0.925. The second-order valence-electron chi connectivity index (χ2n) is 3.29. The summed E-state index contributed by atoms with van der Waals surface area (Å²) in [6.07, 6.45) is 0. The van der Waals surface area contributed by atoms with Crippen LogP contribution in [0.1, 0.15) is 5.56 Å². The number of rotatable bonds is 1. The first-order valence-corrected chi connectivity index (χ1v) is 4.46. The molecule has 2 aromatic carbocycles. The fourth-order valence-corrected chi connectivity index (χ4v) is 1.69. The van der Waals surface area contributed by atoms with Gasteiger partial charge in [0.25, 0.3) is 0 Å². The van der Waals surface area contributed by atoms with Crippen molar-refractivity contribution in [1.29, 1.82) is 0 Å². The molecule has 0 radical (unpaired) electrons. The van der Waals surface area contributed by atoms with Crippen molar-refractivity contribution in [3.63, 3.8) is 0 Å². The van der Waals surface area contributed by atoms with Crippen molar-refractivity contribution in [3.05, 3.63) is 48.0 Å². The van der Waals surface area contributed by atoms with Crippen LogP contribution < -0.4 is 0 Å². The number of benzene rings is 2. The van der Waals surface area contributed by atoms with Gasteiger partial charge in [-0.05, 0) is 10.8 Å². The standard InChI is InChI=1S/C12H9N/c1-2-6-10-9(4-1)5-3-7-11(10)12-8-13-12/h1-7H,8H2. The van der Waals surface area contributed by atoms with E-state index in [9.17, 15) is 0 Å². The molecule has 3 rings (SSSR count). The minimum absolute atomic E-state index is 0.925. The lowest BCUT2D eigenvalue weighted by Gasteiger charge is -2.00. The molecular weight excluding hydrogens is 158 g/mol. The summed E-state index contributed by atoms with van der Waals surface area (Å²) < 4.78 is 0. The quantitative estimate of drug-likeness (QED) is 0.619. The summed E-state index contributed by atoms with van der Waals surface area (Å²) in [5.41, 5.74) is 2.55. The highest BCUT2D eigenvalue weighted by Gasteiger charge is 2.14. The van der Waals surface area contributed by atoms with Crippen molar-refractivity contribution in [3.8, 4) is 0 Å². The molecule has 1 aliphatic rings. The number of nitrogens with zero attached hydrogens (tertiary/aromatic N) is 1. The van der Waals surface area contributed by atoms with Gasteiger partial charge in [0.1, 0.15) is 0 Å². The van der Waals surface area contributed by atoms with Crippen LogP contribution in [0, 0.1) is 0 Å². The first-order valence-electron chi connectivity index (χ1n) is 4.46. The third-order valence-electron chi connectivity index (χ3n) is 2.42. The Hall–Kier alpha value is -1.63. The van der Waals surface area contributed by atoms with Crippen LogP contribution in [0.4, 0.5) is 0 Å². The van der Waals surface area contributed by atoms with Crippen LogP contribution in [0.5, 0.6) is 0 Å². The maximum absolute atomic E-state index is 4.24. The van der Waals surface area contributed by atoms with Crippen molar-refractivity contribution >= 4 is 16.5 Å². The number of aliphatic imine (C=N–C) groups is 1. The van der Waals surface area contributed by atoms with Crippen LogP contribution in [0.3, 0.4) is 0 Å². The van der Waals surface area contributed by atoms with Crippen LogP contribution in [0.2, 0.25) is 0 Å². The summed E-state index contributed by atoms with van der Waals surface area (Å²) in [7, 11) is 0. The fourth-order valence-electron chi connectivity index (χ4n) is 1.69. The van der Waals surface area contributed by atoms with Gasteiger partial charge < -0.3 is 0 Å². The van der Waals surface area contributed by atoms with Crippen molar-refractivity contribution in [2.75, 3.05) is 6.54 Å². The second kappa shape index (κ2) is 2.43. The Labute approximate surface area is 76.7 Å². The van der Waals surface area contributed by atoms with Gasteiger partial charge in [-0.2, -0.15) is 0 Å². The van der Waals surface area contributed by atoms with Crippen LogP contribution in [0.25, 0.3) is 10.8 Å². The van der Waals surface area contributed by atoms with E-state index in [-0.39, 0.29) is 0 Å². The summed E-state index contributed by atoms with van der Waals surface area (Å²) in [6, 6.07) is 14.8. The summed E-state index contributed by atoms with van der Waals surface area (Å²) in [5.74, 6) is 0. The largest absolute Gasteiger partial charge is 0.281 e. The Morgan fingerprint density at radius 3 is 2.54 bits per heavy atom. The summed E-state index contributed by atoms with van der Waals surface area (Å²) in [4.78, 5) is 4.24. The zero-order chi connectivity index (χ0) is 8.67. The summed E-state index contributed by atoms with van der Waals surface area (Å²) >= 11 is 0. The van der Waals surface area contributed by atoms with Crippen LogP contribution in [-0.4, -0.2) is 12.3 Å². The lowest BCUT2D eigenvalue weighted by molar-refractivity contribution is 1.57. The van der Waals surface area contributed by atoms with Crippen LogP contribution >= 0.6 is 0 Å². The van der Waals surface area contributed by atoms with Crippen molar-refractivity contribution in [2.24, 2.45) is 4.99 Å². The van der Waals surface area contributed by atoms with E-state index in [0.717, 1.165) is 6.54 Å². The molecular formula is C12H9N. The fraction of sp³-hybridized carbons (Fsp3) is 0.0833. The molecule has 0 unspecified atom stereocenters. The minimum Gasteiger partial charge on any atom is -0.281 e. The van der Waals surface area contributed by atoms with Crippen molar-refractivity contribution in [1.82, 2.24) is 0 Å². The first kappa shape index (κ1) is 6.84. The normalized spacial score (nSPS) is 14.3. The predicted octanol–water partition coefficient (Wildman–Crippen LogP) is 2.64. The first-order chi connectivity index (χ1) is 6.45. The third kappa shape index (κ3) is 1.04. The molecule has 2 aromatic rings. The second-order valence-corrected chi connectivity index (χ2v) is 3.29. The van der Waals surface area contributed by atoms with Gasteiger partial charge in [0.2, 0.25) is 0 Å². The Morgan fingerprint density at radius 2 is 1.69 bits per heavy atom. The van der Waals surface area contributed by atoms with E-state index in [0.29, 0.717) is 0 Å². The zero-order valence-corrected chi connectivity index (χ0v) is 7.20. The molecule has 0 bridgehead atoms. The van der Waals surface area contributed by atoms with E-state index in [1.807, 2.05) is 0 Å². The highest BCUT2D eigenvalue weighted by atomic mass is 14.9. The van der Waals surface area contributed by atoms with Crippen molar-refractivity contribution in [2.45, 2.75) is 0 Å². The Morgan fingerprint density at radius 1 is 0.923 bits per heavy atom. The molecule has 0 amide bonds. The summed E-state index contributed by atoms with van der Waals surface area (Å²) in [5, 5.41) is 2.62. The molecule has 0 atom stereocenters. The molecule has 0 fully saturated rings. The molecule has 1 heteroatoms. The molecule has 1 nitrogen and oxygen atoms in total. The van der Waals surface area contributed by atoms with Gasteiger partial charge in [0.05, 0.1) is 12.3 Å². The van der Waals surface area contributed by atoms with Gasteiger partial charge >= 0.3 is 0 Å². The average molecular weight is 167 g/mol. The van der Waals surface area contributed by atoms with Crippen LogP contribution in [0.15, 0.2) is 47.5 Å². The SMILES string of the molecule is c1ccc2c(C3=NC3)cccc2c1. The lowest BCUT2D eigenvalue weighted by Crippen LogP contribution is -1.88. The van der Waals surface area contributed by atoms with Gasteiger partial charge in [-0.1, -0.05) is 42.5 Å². The molecule has 1 heterocycles. The molecule has 62 valence electrons. The predicted molar refractivity (Wildman–Crippen MR) is 55.4 cm³/mol. The summed E-state index contributed by atoms with van der Waals surface area (Å²) in [6.45, 7) is 0.925. The van der Waals surface area contributed by atoms with E-state index in [1.165, 1.54) is 22.0 Å². The average Bonchev–Trinajstić information content (AvgIpc) is 3.00. The number of hydrogen-bond acceptors (Lipinski definition) is 1. The topological polar surface area (TPSA) is 12.4 Å². The van der Waals surface area contributed by atoms with Crippen LogP contribution in [-0.2, 0) is 0 Å². The van der Waals surface area contributed by atoms with Gasteiger partial charge in [-0.3, -0.25) is 4.99 Å². The van der Waals surface area contributed by atoms with E-state index < -0.39 is 0 Å². The van der Waals surface area contributed by atoms with Crippen molar-refractivity contribution < 1.29 is 0 Å². The van der Waals surface area contributed by atoms with E-state index in [2.05, 4.69) is 47.5 Å². The highest BCUT2D eigenvalue weighted by Crippen LogP contribution is 2.22. The molecule has 0 N–H and O–H groups in total. The Bertz CT molecular complexity index is 492. The molecule has 0 aromatic heterocycles. The third-order valence-corrected chi connectivity index (χ3v) is 2.42. The molecule has 1 aliphatic heterocycles. The molecule has 0 spiro atoms. The van der Waals surface area contributed by atoms with E-state index in [1.54, 1.807) is 0 Å². The molecule has 0 saturated carbocycles. The Balaban J connectivity index is 2.39. The number of hydrogen-bond donors (Lipinski definition) is 0.